The average molecular weight is 296 g/mol. The van der Waals surface area contributed by atoms with Crippen LogP contribution in [-0.2, 0) is 0 Å². The standard InChI is InChI=1S/C15H22ClN3O/c1-3-9-17-13-8-7-12(16)14(18-13)15(20)19-10-5-4-6-11(19)2/h7-8,11H,3-6,9-10H2,1-2H3,(H,17,18). The predicted octanol–water partition coefficient (Wildman–Crippen LogP) is 3.57. The fraction of sp³-hybridized carbons (Fsp3) is 0.600. The van der Waals surface area contributed by atoms with Gasteiger partial charge in [-0.1, -0.05) is 18.5 Å². The van der Waals surface area contributed by atoms with Gasteiger partial charge in [0.15, 0.2) is 0 Å². The second-order valence-corrected chi connectivity index (χ2v) is 5.70. The van der Waals surface area contributed by atoms with Crippen LogP contribution in [0.15, 0.2) is 12.1 Å². The molecule has 110 valence electrons. The van der Waals surface area contributed by atoms with Crippen LogP contribution in [0.2, 0.25) is 5.02 Å². The molecule has 1 saturated heterocycles. The van der Waals surface area contributed by atoms with Crippen LogP contribution in [0.4, 0.5) is 5.82 Å². The molecule has 0 saturated carbocycles. The van der Waals surface area contributed by atoms with Crippen molar-refractivity contribution in [1.29, 1.82) is 0 Å². The normalized spacial score (nSPS) is 18.9. The number of anilines is 1. The summed E-state index contributed by atoms with van der Waals surface area (Å²) in [7, 11) is 0. The third kappa shape index (κ3) is 3.42. The Morgan fingerprint density at radius 3 is 3.00 bits per heavy atom. The lowest BCUT2D eigenvalue weighted by Gasteiger charge is -2.33. The molecule has 1 aliphatic rings. The minimum Gasteiger partial charge on any atom is -0.370 e. The lowest BCUT2D eigenvalue weighted by molar-refractivity contribution is 0.0630. The molecule has 1 aromatic heterocycles. The van der Waals surface area contributed by atoms with E-state index in [-0.39, 0.29) is 11.9 Å². The number of hydrogen-bond acceptors (Lipinski definition) is 3. The van der Waals surface area contributed by atoms with Gasteiger partial charge in [-0.25, -0.2) is 4.98 Å². The molecule has 0 bridgehead atoms. The Morgan fingerprint density at radius 2 is 2.30 bits per heavy atom. The monoisotopic (exact) mass is 295 g/mol. The van der Waals surface area contributed by atoms with Crippen LogP contribution in [0.25, 0.3) is 0 Å². The maximum absolute atomic E-state index is 12.6. The van der Waals surface area contributed by atoms with Crippen molar-refractivity contribution in [1.82, 2.24) is 9.88 Å². The summed E-state index contributed by atoms with van der Waals surface area (Å²) in [6.07, 6.45) is 4.31. The van der Waals surface area contributed by atoms with Gasteiger partial charge in [0, 0.05) is 19.1 Å². The van der Waals surface area contributed by atoms with Crippen molar-refractivity contribution in [2.24, 2.45) is 0 Å². The zero-order chi connectivity index (χ0) is 14.5. The van der Waals surface area contributed by atoms with Crippen molar-refractivity contribution >= 4 is 23.3 Å². The van der Waals surface area contributed by atoms with Gasteiger partial charge in [0.05, 0.1) is 5.02 Å². The molecule has 1 aliphatic heterocycles. The number of nitrogens with one attached hydrogen (secondary N) is 1. The van der Waals surface area contributed by atoms with Gasteiger partial charge in [0.25, 0.3) is 5.91 Å². The van der Waals surface area contributed by atoms with E-state index in [1.807, 2.05) is 11.0 Å². The highest BCUT2D eigenvalue weighted by atomic mass is 35.5. The number of likely N-dealkylation sites (tertiary alicyclic amines) is 1. The highest BCUT2D eigenvalue weighted by Crippen LogP contribution is 2.23. The molecular formula is C15H22ClN3O. The zero-order valence-electron chi connectivity index (χ0n) is 12.2. The third-order valence-corrected chi connectivity index (χ3v) is 3.97. The van der Waals surface area contributed by atoms with E-state index in [0.717, 1.165) is 32.4 Å². The first kappa shape index (κ1) is 15.1. The van der Waals surface area contributed by atoms with Crippen LogP contribution in [0.1, 0.15) is 50.0 Å². The molecule has 4 nitrogen and oxygen atoms in total. The molecule has 0 radical (unpaired) electrons. The van der Waals surface area contributed by atoms with Gasteiger partial charge in [0.1, 0.15) is 11.5 Å². The molecule has 1 atom stereocenters. The van der Waals surface area contributed by atoms with E-state index in [1.54, 1.807) is 6.07 Å². The van der Waals surface area contributed by atoms with Crippen LogP contribution in [0.5, 0.6) is 0 Å². The molecule has 2 heterocycles. The maximum Gasteiger partial charge on any atom is 0.274 e. The summed E-state index contributed by atoms with van der Waals surface area (Å²) in [5, 5.41) is 3.62. The lowest BCUT2D eigenvalue weighted by atomic mass is 10.0. The first-order valence-electron chi connectivity index (χ1n) is 7.35. The number of halogens is 1. The summed E-state index contributed by atoms with van der Waals surface area (Å²) < 4.78 is 0. The second kappa shape index (κ2) is 6.93. The smallest absolute Gasteiger partial charge is 0.274 e. The van der Waals surface area contributed by atoms with E-state index in [9.17, 15) is 4.79 Å². The van der Waals surface area contributed by atoms with Crippen molar-refractivity contribution in [3.05, 3.63) is 22.8 Å². The maximum atomic E-state index is 12.6. The fourth-order valence-electron chi connectivity index (χ4n) is 2.48. The number of nitrogens with zero attached hydrogens (tertiary/aromatic N) is 2. The number of amides is 1. The van der Waals surface area contributed by atoms with Crippen molar-refractivity contribution in [3.63, 3.8) is 0 Å². The molecule has 1 N–H and O–H groups in total. The molecular weight excluding hydrogens is 274 g/mol. The number of carbonyl (C=O) groups is 1. The molecule has 20 heavy (non-hydrogen) atoms. The number of hydrogen-bond donors (Lipinski definition) is 1. The van der Waals surface area contributed by atoms with E-state index in [2.05, 4.69) is 24.1 Å². The quantitative estimate of drug-likeness (QED) is 0.923. The van der Waals surface area contributed by atoms with E-state index >= 15 is 0 Å². The van der Waals surface area contributed by atoms with Gasteiger partial charge < -0.3 is 10.2 Å². The van der Waals surface area contributed by atoms with Crippen molar-refractivity contribution in [3.8, 4) is 0 Å². The molecule has 1 fully saturated rings. The van der Waals surface area contributed by atoms with Gasteiger partial charge in [-0.15, -0.1) is 0 Å². The summed E-state index contributed by atoms with van der Waals surface area (Å²) in [6.45, 7) is 5.81. The van der Waals surface area contributed by atoms with Gasteiger partial charge >= 0.3 is 0 Å². The van der Waals surface area contributed by atoms with Crippen molar-refractivity contribution in [2.75, 3.05) is 18.4 Å². The van der Waals surface area contributed by atoms with Crippen LogP contribution in [0, 0.1) is 0 Å². The Hall–Kier alpha value is -1.29. The molecule has 0 aliphatic carbocycles. The van der Waals surface area contributed by atoms with E-state index in [4.69, 9.17) is 11.6 Å². The van der Waals surface area contributed by atoms with Gasteiger partial charge in [0.2, 0.25) is 0 Å². The first-order chi connectivity index (χ1) is 9.63. The van der Waals surface area contributed by atoms with Gasteiger partial charge in [-0.05, 0) is 44.7 Å². The fourth-order valence-corrected chi connectivity index (χ4v) is 2.67. The van der Waals surface area contributed by atoms with Crippen molar-refractivity contribution in [2.45, 2.75) is 45.6 Å². The summed E-state index contributed by atoms with van der Waals surface area (Å²) in [6, 6.07) is 3.82. The minimum atomic E-state index is -0.0534. The topological polar surface area (TPSA) is 45.2 Å². The Balaban J connectivity index is 2.19. The Kier molecular flexibility index (Phi) is 5.24. The molecule has 1 unspecified atom stereocenters. The Bertz CT molecular complexity index is 478. The predicted molar refractivity (Wildman–Crippen MR) is 82.4 cm³/mol. The molecule has 0 spiro atoms. The van der Waals surface area contributed by atoms with Crippen molar-refractivity contribution < 1.29 is 4.79 Å². The van der Waals surface area contributed by atoms with E-state index in [1.165, 1.54) is 6.42 Å². The largest absolute Gasteiger partial charge is 0.370 e. The van der Waals surface area contributed by atoms with E-state index < -0.39 is 0 Å². The molecule has 1 aromatic rings. The summed E-state index contributed by atoms with van der Waals surface area (Å²) in [5.41, 5.74) is 0.363. The summed E-state index contributed by atoms with van der Waals surface area (Å²) >= 11 is 6.15. The van der Waals surface area contributed by atoms with Gasteiger partial charge in [-0.2, -0.15) is 0 Å². The first-order valence-corrected chi connectivity index (χ1v) is 7.72. The molecule has 5 heteroatoms. The van der Waals surface area contributed by atoms with Crippen LogP contribution >= 0.6 is 11.6 Å². The van der Waals surface area contributed by atoms with Crippen LogP contribution in [-0.4, -0.2) is 34.9 Å². The van der Waals surface area contributed by atoms with Crippen LogP contribution < -0.4 is 5.32 Å². The Labute approximate surface area is 125 Å². The SMILES string of the molecule is CCCNc1ccc(Cl)c(C(=O)N2CCCCC2C)n1. The second-order valence-electron chi connectivity index (χ2n) is 5.30. The average Bonchev–Trinajstić information content (AvgIpc) is 2.46. The number of carbonyl (C=O) groups excluding carboxylic acids is 1. The number of piperidine rings is 1. The third-order valence-electron chi connectivity index (χ3n) is 3.67. The van der Waals surface area contributed by atoms with E-state index in [0.29, 0.717) is 16.5 Å². The minimum absolute atomic E-state index is 0.0534. The highest BCUT2D eigenvalue weighted by Gasteiger charge is 2.26. The Morgan fingerprint density at radius 1 is 1.50 bits per heavy atom. The molecule has 1 amide bonds. The molecule has 2 rings (SSSR count). The highest BCUT2D eigenvalue weighted by molar-refractivity contribution is 6.33. The zero-order valence-corrected chi connectivity index (χ0v) is 12.9. The number of pyridine rings is 1. The molecule has 0 aromatic carbocycles. The van der Waals surface area contributed by atoms with Gasteiger partial charge in [-0.3, -0.25) is 4.79 Å². The lowest BCUT2D eigenvalue weighted by Crippen LogP contribution is -2.42. The van der Waals surface area contributed by atoms with Crippen LogP contribution in [0.3, 0.4) is 0 Å². The number of aromatic nitrogens is 1. The summed E-state index contributed by atoms with van der Waals surface area (Å²) in [4.78, 5) is 18.9. The summed E-state index contributed by atoms with van der Waals surface area (Å²) in [5.74, 6) is 0.659. The number of rotatable bonds is 4.